The van der Waals surface area contributed by atoms with Crippen LogP contribution in [-0.2, 0) is 9.53 Å². The van der Waals surface area contributed by atoms with E-state index in [9.17, 15) is 14.7 Å². The Labute approximate surface area is 169 Å². The van der Waals surface area contributed by atoms with Crippen LogP contribution in [0, 0.1) is 0 Å². The molecule has 148 valence electrons. The third-order valence-electron chi connectivity index (χ3n) is 4.96. The molecule has 1 N–H and O–H groups in total. The van der Waals surface area contributed by atoms with E-state index in [-0.39, 0.29) is 11.4 Å². The molecule has 0 aliphatic carbocycles. The molecule has 1 amide bonds. The molecule has 2 heterocycles. The van der Waals surface area contributed by atoms with E-state index < -0.39 is 17.7 Å². The van der Waals surface area contributed by atoms with Crippen LogP contribution >= 0.6 is 11.3 Å². The van der Waals surface area contributed by atoms with Gasteiger partial charge in [-0.3, -0.25) is 9.59 Å². The van der Waals surface area contributed by atoms with E-state index in [2.05, 4.69) is 13.8 Å². The van der Waals surface area contributed by atoms with Crippen LogP contribution in [0.4, 0.5) is 0 Å². The lowest BCUT2D eigenvalue weighted by atomic mass is 9.93. The second kappa shape index (κ2) is 8.71. The zero-order chi connectivity index (χ0) is 20.3. The Morgan fingerprint density at radius 3 is 2.54 bits per heavy atom. The summed E-state index contributed by atoms with van der Waals surface area (Å²) in [5, 5.41) is 12.4. The Bertz CT molecular complexity index is 868. The molecular formula is C22H25NO4S. The molecule has 1 aliphatic rings. The molecule has 0 fully saturated rings. The second-order valence-corrected chi connectivity index (χ2v) is 8.09. The molecule has 1 aromatic heterocycles. The highest BCUT2D eigenvalue weighted by Crippen LogP contribution is 2.39. The van der Waals surface area contributed by atoms with E-state index in [0.29, 0.717) is 30.4 Å². The molecule has 0 radical (unpaired) electrons. The van der Waals surface area contributed by atoms with Crippen LogP contribution in [0.5, 0.6) is 0 Å². The maximum absolute atomic E-state index is 13.1. The summed E-state index contributed by atoms with van der Waals surface area (Å²) in [6.07, 6.45) is 0.622. The average molecular weight is 400 g/mol. The largest absolute Gasteiger partial charge is 0.503 e. The maximum atomic E-state index is 13.1. The summed E-state index contributed by atoms with van der Waals surface area (Å²) in [6, 6.07) is 10.8. The van der Waals surface area contributed by atoms with Gasteiger partial charge in [0.1, 0.15) is 0 Å². The van der Waals surface area contributed by atoms with Crippen molar-refractivity contribution in [2.75, 3.05) is 20.3 Å². The van der Waals surface area contributed by atoms with Crippen LogP contribution in [0.15, 0.2) is 53.1 Å². The minimum Gasteiger partial charge on any atom is -0.503 e. The number of benzene rings is 1. The van der Waals surface area contributed by atoms with E-state index >= 15 is 0 Å². The number of hydrogen-bond acceptors (Lipinski definition) is 5. The van der Waals surface area contributed by atoms with Gasteiger partial charge in [-0.2, -0.15) is 0 Å². The van der Waals surface area contributed by atoms with Gasteiger partial charge in [0.25, 0.3) is 5.91 Å². The lowest BCUT2D eigenvalue weighted by Gasteiger charge is -2.27. The Morgan fingerprint density at radius 1 is 1.25 bits per heavy atom. The number of aliphatic hydroxyl groups is 1. The quantitative estimate of drug-likeness (QED) is 0.525. The first-order valence-corrected chi connectivity index (χ1v) is 10.2. The standard InChI is InChI=1S/C22H25NO4S/c1-14(2)15-7-9-16(10-8-15)19-18(20(24)17-6-4-13-28-17)21(25)22(26)23(19)11-5-12-27-3/h4,6-10,13-14,19,25H,5,11-12H2,1-3H3/t19-/m0/s1. The lowest BCUT2D eigenvalue weighted by Crippen LogP contribution is -2.32. The zero-order valence-electron chi connectivity index (χ0n) is 16.3. The van der Waals surface area contributed by atoms with Crippen molar-refractivity contribution in [1.29, 1.82) is 0 Å². The summed E-state index contributed by atoms with van der Waals surface area (Å²) in [6.45, 7) is 5.12. The van der Waals surface area contributed by atoms with Gasteiger partial charge in [-0.15, -0.1) is 11.3 Å². The van der Waals surface area contributed by atoms with Crippen molar-refractivity contribution in [3.8, 4) is 0 Å². The number of aliphatic hydroxyl groups excluding tert-OH is 1. The molecule has 28 heavy (non-hydrogen) atoms. The van der Waals surface area contributed by atoms with Crippen LogP contribution in [-0.4, -0.2) is 42.0 Å². The minimum absolute atomic E-state index is 0.155. The number of Topliss-reactive ketones (excluding diaryl/α,β-unsaturated/α-hetero) is 1. The topological polar surface area (TPSA) is 66.8 Å². The van der Waals surface area contributed by atoms with Gasteiger partial charge in [0, 0.05) is 20.3 Å². The van der Waals surface area contributed by atoms with E-state index in [1.807, 2.05) is 29.6 Å². The van der Waals surface area contributed by atoms with Gasteiger partial charge in [-0.05, 0) is 34.9 Å². The molecule has 0 spiro atoms. The van der Waals surface area contributed by atoms with Crippen LogP contribution < -0.4 is 0 Å². The predicted molar refractivity (Wildman–Crippen MR) is 110 cm³/mol. The van der Waals surface area contributed by atoms with Crippen LogP contribution in [0.3, 0.4) is 0 Å². The fourth-order valence-corrected chi connectivity index (χ4v) is 4.12. The number of ether oxygens (including phenoxy) is 1. The van der Waals surface area contributed by atoms with Gasteiger partial charge in [-0.1, -0.05) is 44.2 Å². The molecule has 0 bridgehead atoms. The highest BCUT2D eigenvalue weighted by atomic mass is 32.1. The third-order valence-corrected chi connectivity index (χ3v) is 5.83. The van der Waals surface area contributed by atoms with Crippen molar-refractivity contribution in [3.05, 3.63) is 69.1 Å². The summed E-state index contributed by atoms with van der Waals surface area (Å²) < 4.78 is 5.10. The van der Waals surface area contributed by atoms with E-state index in [1.54, 1.807) is 24.1 Å². The molecule has 3 rings (SSSR count). The van der Waals surface area contributed by atoms with Gasteiger partial charge in [0.05, 0.1) is 16.5 Å². The molecule has 6 heteroatoms. The Kier molecular flexibility index (Phi) is 6.31. The van der Waals surface area contributed by atoms with E-state index in [1.165, 1.54) is 16.9 Å². The fraction of sp³-hybridized carbons (Fsp3) is 0.364. The summed E-state index contributed by atoms with van der Waals surface area (Å²) in [5.41, 5.74) is 2.15. The zero-order valence-corrected chi connectivity index (χ0v) is 17.2. The van der Waals surface area contributed by atoms with Gasteiger partial charge in [-0.25, -0.2) is 0 Å². The smallest absolute Gasteiger partial charge is 0.290 e. The number of rotatable bonds is 8. The number of carbonyl (C=O) groups excluding carboxylic acids is 2. The van der Waals surface area contributed by atoms with E-state index in [0.717, 1.165) is 5.56 Å². The Morgan fingerprint density at radius 2 is 1.96 bits per heavy atom. The Balaban J connectivity index is 2.01. The molecule has 1 aliphatic heterocycles. The predicted octanol–water partition coefficient (Wildman–Crippen LogP) is 4.49. The first-order valence-electron chi connectivity index (χ1n) is 9.36. The fourth-order valence-electron chi connectivity index (χ4n) is 3.45. The van der Waals surface area contributed by atoms with Crippen molar-refractivity contribution >= 4 is 23.0 Å². The molecule has 0 unspecified atom stereocenters. The normalized spacial score (nSPS) is 17.1. The van der Waals surface area contributed by atoms with E-state index in [4.69, 9.17) is 4.74 Å². The second-order valence-electron chi connectivity index (χ2n) is 7.14. The van der Waals surface area contributed by atoms with Crippen LogP contribution in [0.1, 0.15) is 53.0 Å². The number of ketones is 1. The number of nitrogens with zero attached hydrogens (tertiary/aromatic N) is 1. The number of hydrogen-bond donors (Lipinski definition) is 1. The molecule has 2 aromatic rings. The number of methoxy groups -OCH3 is 1. The van der Waals surface area contributed by atoms with Gasteiger partial charge >= 0.3 is 0 Å². The number of thiophene rings is 1. The van der Waals surface area contributed by atoms with Gasteiger partial charge < -0.3 is 14.7 Å². The highest BCUT2D eigenvalue weighted by Gasteiger charge is 2.43. The molecular weight excluding hydrogens is 374 g/mol. The molecule has 1 aromatic carbocycles. The van der Waals surface area contributed by atoms with Gasteiger partial charge in [0.15, 0.2) is 5.76 Å². The maximum Gasteiger partial charge on any atom is 0.290 e. The highest BCUT2D eigenvalue weighted by molar-refractivity contribution is 7.12. The first kappa shape index (κ1) is 20.3. The molecule has 1 atom stereocenters. The third kappa shape index (κ3) is 3.88. The van der Waals surface area contributed by atoms with Crippen molar-refractivity contribution in [2.24, 2.45) is 0 Å². The molecule has 0 saturated carbocycles. The summed E-state index contributed by atoms with van der Waals surface area (Å²) in [4.78, 5) is 27.9. The SMILES string of the molecule is COCCCN1C(=O)C(O)=C(C(=O)c2cccs2)[C@@H]1c1ccc(C(C)C)cc1. The Hall–Kier alpha value is -2.44. The van der Waals surface area contributed by atoms with Crippen LogP contribution in [0.2, 0.25) is 0 Å². The molecule has 5 nitrogen and oxygen atoms in total. The number of carbonyl (C=O) groups is 2. The lowest BCUT2D eigenvalue weighted by molar-refractivity contribution is -0.129. The van der Waals surface area contributed by atoms with Gasteiger partial charge in [0.2, 0.25) is 5.78 Å². The average Bonchev–Trinajstić information content (AvgIpc) is 3.31. The minimum atomic E-state index is -0.597. The van der Waals surface area contributed by atoms with Crippen molar-refractivity contribution in [2.45, 2.75) is 32.2 Å². The first-order chi connectivity index (χ1) is 13.5. The monoisotopic (exact) mass is 399 g/mol. The molecule has 0 saturated heterocycles. The summed E-state index contributed by atoms with van der Waals surface area (Å²) in [7, 11) is 1.61. The van der Waals surface area contributed by atoms with Crippen LogP contribution in [0.25, 0.3) is 0 Å². The summed E-state index contributed by atoms with van der Waals surface area (Å²) in [5.74, 6) is -0.871. The van der Waals surface area contributed by atoms with Crippen molar-refractivity contribution < 1.29 is 19.4 Å². The van der Waals surface area contributed by atoms with Crippen molar-refractivity contribution in [1.82, 2.24) is 4.90 Å². The van der Waals surface area contributed by atoms with Crippen molar-refractivity contribution in [3.63, 3.8) is 0 Å². The number of amides is 1. The summed E-state index contributed by atoms with van der Waals surface area (Å²) >= 11 is 1.30.